The number of fused-ring (bicyclic) bond motifs is 1. The number of carbonyl (C=O) groups is 1. The molecule has 2 aromatic rings. The highest BCUT2D eigenvalue weighted by Crippen LogP contribution is 2.18. The fourth-order valence-electron chi connectivity index (χ4n) is 1.39. The summed E-state index contributed by atoms with van der Waals surface area (Å²) in [5.41, 5.74) is 0.748. The van der Waals surface area contributed by atoms with Gasteiger partial charge in [0.25, 0.3) is 0 Å². The quantitative estimate of drug-likeness (QED) is 0.791. The van der Waals surface area contributed by atoms with Crippen LogP contribution in [0.15, 0.2) is 24.4 Å². The van der Waals surface area contributed by atoms with Gasteiger partial charge in [-0.25, -0.2) is 0 Å². The molecule has 0 spiro atoms. The zero-order valence-electron chi connectivity index (χ0n) is 7.92. The number of phenolic OH excluding ortho intramolecular Hbond substituents is 1. The smallest absolute Gasteiger partial charge is 0.305 e. The molecule has 0 radical (unpaired) electrons. The third-order valence-electron chi connectivity index (χ3n) is 2.09. The first-order chi connectivity index (χ1) is 7.15. The molecule has 1 heterocycles. The number of hydrogen-bond acceptors (Lipinski definition) is 3. The monoisotopic (exact) mass is 206 g/mol. The Morgan fingerprint density at radius 2 is 2.27 bits per heavy atom. The zero-order chi connectivity index (χ0) is 10.8. The van der Waals surface area contributed by atoms with Gasteiger partial charge >= 0.3 is 5.97 Å². The van der Waals surface area contributed by atoms with Crippen molar-refractivity contribution in [1.82, 2.24) is 9.78 Å². The molecule has 0 aliphatic heterocycles. The van der Waals surface area contributed by atoms with Crippen molar-refractivity contribution in [2.75, 3.05) is 0 Å². The van der Waals surface area contributed by atoms with Gasteiger partial charge in [0.2, 0.25) is 0 Å². The maximum absolute atomic E-state index is 10.4. The number of carboxylic acid groups (broad SMARTS) is 1. The van der Waals surface area contributed by atoms with Crippen molar-refractivity contribution in [3.8, 4) is 5.75 Å². The first kappa shape index (κ1) is 9.51. The number of phenols is 1. The van der Waals surface area contributed by atoms with E-state index < -0.39 is 5.97 Å². The topological polar surface area (TPSA) is 75.3 Å². The molecule has 0 bridgehead atoms. The normalized spacial score (nSPS) is 10.7. The highest BCUT2D eigenvalue weighted by molar-refractivity contribution is 5.79. The Labute approximate surface area is 85.6 Å². The van der Waals surface area contributed by atoms with E-state index in [4.69, 9.17) is 5.11 Å². The van der Waals surface area contributed by atoms with E-state index in [-0.39, 0.29) is 12.2 Å². The highest BCUT2D eigenvalue weighted by Gasteiger charge is 2.03. The third-order valence-corrected chi connectivity index (χ3v) is 2.09. The SMILES string of the molecule is O=C(O)CCn1cc2cc(O)ccc2n1. The number of carboxylic acids is 1. The molecule has 0 unspecified atom stereocenters. The summed E-state index contributed by atoms with van der Waals surface area (Å²) in [7, 11) is 0. The average Bonchev–Trinajstić information content (AvgIpc) is 2.56. The molecule has 1 aromatic carbocycles. The van der Waals surface area contributed by atoms with Gasteiger partial charge in [0, 0.05) is 11.6 Å². The van der Waals surface area contributed by atoms with Crippen molar-refractivity contribution in [2.45, 2.75) is 13.0 Å². The van der Waals surface area contributed by atoms with E-state index in [1.54, 1.807) is 29.1 Å². The summed E-state index contributed by atoms with van der Waals surface area (Å²) in [4.78, 5) is 10.4. The number of aromatic nitrogens is 2. The van der Waals surface area contributed by atoms with Crippen LogP contribution in [0.5, 0.6) is 5.75 Å². The van der Waals surface area contributed by atoms with Crippen LogP contribution in [0.1, 0.15) is 6.42 Å². The van der Waals surface area contributed by atoms with Crippen molar-refractivity contribution in [3.63, 3.8) is 0 Å². The minimum Gasteiger partial charge on any atom is -0.508 e. The lowest BCUT2D eigenvalue weighted by Crippen LogP contribution is -2.04. The van der Waals surface area contributed by atoms with Crippen LogP contribution >= 0.6 is 0 Å². The molecule has 2 N–H and O–H groups in total. The average molecular weight is 206 g/mol. The van der Waals surface area contributed by atoms with Crippen LogP contribution in [0, 0.1) is 0 Å². The molecule has 0 saturated heterocycles. The lowest BCUT2D eigenvalue weighted by molar-refractivity contribution is -0.137. The Bertz CT molecular complexity index is 504. The fourth-order valence-corrected chi connectivity index (χ4v) is 1.39. The van der Waals surface area contributed by atoms with Gasteiger partial charge in [-0.1, -0.05) is 0 Å². The predicted molar refractivity (Wildman–Crippen MR) is 53.7 cm³/mol. The number of hydrogen-bond donors (Lipinski definition) is 2. The molecule has 0 atom stereocenters. The van der Waals surface area contributed by atoms with Gasteiger partial charge in [-0.15, -0.1) is 0 Å². The molecule has 78 valence electrons. The molecule has 1 aromatic heterocycles. The third kappa shape index (κ3) is 2.07. The summed E-state index contributed by atoms with van der Waals surface area (Å²) in [6.45, 7) is 0.338. The van der Waals surface area contributed by atoms with Crippen LogP contribution in [0.25, 0.3) is 10.9 Å². The van der Waals surface area contributed by atoms with E-state index in [0.717, 1.165) is 10.9 Å². The number of nitrogens with zero attached hydrogens (tertiary/aromatic N) is 2. The van der Waals surface area contributed by atoms with Crippen LogP contribution in [0.2, 0.25) is 0 Å². The number of aryl methyl sites for hydroxylation is 1. The van der Waals surface area contributed by atoms with Crippen LogP contribution in [-0.2, 0) is 11.3 Å². The summed E-state index contributed by atoms with van der Waals surface area (Å²) in [5, 5.41) is 22.7. The Hall–Kier alpha value is -2.04. The number of aliphatic carboxylic acids is 1. The highest BCUT2D eigenvalue weighted by atomic mass is 16.4. The van der Waals surface area contributed by atoms with Gasteiger partial charge in [0.05, 0.1) is 18.5 Å². The maximum atomic E-state index is 10.4. The Morgan fingerprint density at radius 1 is 1.47 bits per heavy atom. The van der Waals surface area contributed by atoms with Crippen LogP contribution < -0.4 is 0 Å². The van der Waals surface area contributed by atoms with Crippen LogP contribution in [0.3, 0.4) is 0 Å². The van der Waals surface area contributed by atoms with Crippen LogP contribution in [-0.4, -0.2) is 26.0 Å². The molecular weight excluding hydrogens is 196 g/mol. The van der Waals surface area contributed by atoms with Crippen molar-refractivity contribution < 1.29 is 15.0 Å². The summed E-state index contributed by atoms with van der Waals surface area (Å²) in [5.74, 6) is -0.669. The zero-order valence-corrected chi connectivity index (χ0v) is 7.92. The summed E-state index contributed by atoms with van der Waals surface area (Å²) < 4.78 is 1.57. The molecular formula is C10H10N2O3. The Morgan fingerprint density at radius 3 is 3.00 bits per heavy atom. The Balaban J connectivity index is 2.27. The Kier molecular flexibility index (Phi) is 2.29. The lowest BCUT2D eigenvalue weighted by atomic mass is 10.2. The molecule has 5 heteroatoms. The maximum Gasteiger partial charge on any atom is 0.305 e. The van der Waals surface area contributed by atoms with E-state index in [0.29, 0.717) is 6.54 Å². The largest absolute Gasteiger partial charge is 0.508 e. The molecule has 0 amide bonds. The minimum absolute atomic E-state index is 0.0416. The first-order valence-electron chi connectivity index (χ1n) is 4.53. The van der Waals surface area contributed by atoms with Crippen molar-refractivity contribution in [1.29, 1.82) is 0 Å². The van der Waals surface area contributed by atoms with Gasteiger partial charge in [-0.05, 0) is 18.2 Å². The van der Waals surface area contributed by atoms with Crippen LogP contribution in [0.4, 0.5) is 0 Å². The molecule has 0 saturated carbocycles. The molecule has 15 heavy (non-hydrogen) atoms. The second-order valence-corrected chi connectivity index (χ2v) is 3.28. The minimum atomic E-state index is -0.850. The number of rotatable bonds is 3. The van der Waals surface area contributed by atoms with Gasteiger partial charge in [-0.2, -0.15) is 5.10 Å². The predicted octanol–water partition coefficient (Wildman–Crippen LogP) is 1.22. The van der Waals surface area contributed by atoms with E-state index >= 15 is 0 Å². The molecule has 0 fully saturated rings. The van der Waals surface area contributed by atoms with Gasteiger partial charge in [0.15, 0.2) is 0 Å². The van der Waals surface area contributed by atoms with Crippen molar-refractivity contribution >= 4 is 16.9 Å². The fraction of sp³-hybridized carbons (Fsp3) is 0.200. The first-order valence-corrected chi connectivity index (χ1v) is 4.53. The van der Waals surface area contributed by atoms with Gasteiger partial charge in [-0.3, -0.25) is 9.48 Å². The van der Waals surface area contributed by atoms with Crippen molar-refractivity contribution in [3.05, 3.63) is 24.4 Å². The summed E-state index contributed by atoms with van der Waals surface area (Å²) in [6.07, 6.45) is 1.76. The van der Waals surface area contributed by atoms with E-state index in [9.17, 15) is 9.90 Å². The van der Waals surface area contributed by atoms with E-state index in [1.807, 2.05) is 0 Å². The molecule has 5 nitrogen and oxygen atoms in total. The lowest BCUT2D eigenvalue weighted by Gasteiger charge is -1.95. The summed E-state index contributed by atoms with van der Waals surface area (Å²) >= 11 is 0. The van der Waals surface area contributed by atoms with Gasteiger partial charge < -0.3 is 10.2 Å². The summed E-state index contributed by atoms with van der Waals surface area (Å²) in [6, 6.07) is 4.85. The van der Waals surface area contributed by atoms with E-state index in [2.05, 4.69) is 5.10 Å². The number of benzene rings is 1. The molecule has 0 aliphatic carbocycles. The van der Waals surface area contributed by atoms with Crippen molar-refractivity contribution in [2.24, 2.45) is 0 Å². The molecule has 2 rings (SSSR count). The van der Waals surface area contributed by atoms with Gasteiger partial charge in [0.1, 0.15) is 5.75 Å². The second-order valence-electron chi connectivity index (χ2n) is 3.28. The van der Waals surface area contributed by atoms with E-state index in [1.165, 1.54) is 0 Å². The number of aromatic hydroxyl groups is 1. The molecule has 0 aliphatic rings. The second kappa shape index (κ2) is 3.61. The standard InChI is InChI=1S/C10H10N2O3/c13-8-1-2-9-7(5-8)6-12(11-9)4-3-10(14)15/h1-2,5-6,13H,3-4H2,(H,14,15).